The lowest BCUT2D eigenvalue weighted by Crippen LogP contribution is -2.27. The van der Waals surface area contributed by atoms with Crippen LogP contribution < -0.4 is 5.32 Å². The summed E-state index contributed by atoms with van der Waals surface area (Å²) in [6, 6.07) is 16.5. The molecule has 138 valence electrons. The SMILES string of the molecule is Cc1ccccc1CCNC(=O)c1nn(-c2ccccc2C)c2c1CCC2. The summed E-state index contributed by atoms with van der Waals surface area (Å²) in [7, 11) is 0. The normalized spacial score (nSPS) is 12.8. The molecule has 1 aliphatic rings. The highest BCUT2D eigenvalue weighted by atomic mass is 16.1. The molecule has 27 heavy (non-hydrogen) atoms. The van der Waals surface area contributed by atoms with E-state index < -0.39 is 0 Å². The van der Waals surface area contributed by atoms with Gasteiger partial charge in [0.05, 0.1) is 5.69 Å². The zero-order valence-electron chi connectivity index (χ0n) is 16.0. The van der Waals surface area contributed by atoms with E-state index in [1.54, 1.807) is 0 Å². The zero-order valence-corrected chi connectivity index (χ0v) is 16.0. The number of aromatic nitrogens is 2. The molecule has 4 nitrogen and oxygen atoms in total. The highest BCUT2D eigenvalue weighted by molar-refractivity contribution is 5.94. The first kappa shape index (κ1) is 17.5. The van der Waals surface area contributed by atoms with E-state index in [0.717, 1.165) is 36.9 Å². The Bertz CT molecular complexity index is 987. The summed E-state index contributed by atoms with van der Waals surface area (Å²) in [5.74, 6) is -0.0610. The van der Waals surface area contributed by atoms with Gasteiger partial charge in [-0.2, -0.15) is 5.10 Å². The summed E-state index contributed by atoms with van der Waals surface area (Å²) in [6.07, 6.45) is 3.83. The fourth-order valence-electron chi connectivity index (χ4n) is 3.91. The second-order valence-electron chi connectivity index (χ2n) is 7.26. The molecule has 0 radical (unpaired) electrons. The Hall–Kier alpha value is -2.88. The molecule has 0 saturated carbocycles. The first-order valence-corrected chi connectivity index (χ1v) is 9.64. The summed E-state index contributed by atoms with van der Waals surface area (Å²) in [4.78, 5) is 12.8. The van der Waals surface area contributed by atoms with Crippen LogP contribution in [0.25, 0.3) is 5.69 Å². The van der Waals surface area contributed by atoms with Gasteiger partial charge in [-0.05, 0) is 62.3 Å². The van der Waals surface area contributed by atoms with Crippen LogP contribution in [0.3, 0.4) is 0 Å². The molecule has 1 aromatic heterocycles. The number of fused-ring (bicyclic) bond motifs is 1. The third kappa shape index (κ3) is 3.39. The van der Waals surface area contributed by atoms with Crippen molar-refractivity contribution in [3.8, 4) is 5.69 Å². The van der Waals surface area contributed by atoms with Crippen LogP contribution in [-0.2, 0) is 19.3 Å². The number of hydrogen-bond acceptors (Lipinski definition) is 2. The van der Waals surface area contributed by atoms with Crippen LogP contribution in [0.4, 0.5) is 0 Å². The van der Waals surface area contributed by atoms with Crippen molar-refractivity contribution in [2.75, 3.05) is 6.54 Å². The van der Waals surface area contributed by atoms with Gasteiger partial charge in [0.2, 0.25) is 0 Å². The second kappa shape index (κ2) is 7.39. The third-order valence-electron chi connectivity index (χ3n) is 5.43. The topological polar surface area (TPSA) is 46.9 Å². The van der Waals surface area contributed by atoms with E-state index >= 15 is 0 Å². The molecule has 0 bridgehead atoms. The lowest BCUT2D eigenvalue weighted by Gasteiger charge is -2.08. The summed E-state index contributed by atoms with van der Waals surface area (Å²) >= 11 is 0. The summed E-state index contributed by atoms with van der Waals surface area (Å²) in [6.45, 7) is 4.81. The van der Waals surface area contributed by atoms with E-state index in [1.165, 1.54) is 22.4 Å². The van der Waals surface area contributed by atoms with Gasteiger partial charge >= 0.3 is 0 Å². The second-order valence-corrected chi connectivity index (χ2v) is 7.26. The van der Waals surface area contributed by atoms with Gasteiger partial charge in [0.1, 0.15) is 0 Å². The standard InChI is InChI=1S/C23H25N3O/c1-16-8-3-5-10-18(16)14-15-24-23(27)22-19-11-7-13-21(19)26(25-22)20-12-6-4-9-17(20)2/h3-6,8-10,12H,7,11,13-15H2,1-2H3,(H,24,27). The predicted octanol–water partition coefficient (Wildman–Crippen LogP) is 3.95. The maximum Gasteiger partial charge on any atom is 0.272 e. The van der Waals surface area contributed by atoms with Crippen LogP contribution in [0.15, 0.2) is 48.5 Å². The molecule has 4 heteroatoms. The van der Waals surface area contributed by atoms with Crippen molar-refractivity contribution in [2.24, 2.45) is 0 Å². The van der Waals surface area contributed by atoms with Gasteiger partial charge in [0.25, 0.3) is 5.91 Å². The number of nitrogens with one attached hydrogen (secondary N) is 1. The lowest BCUT2D eigenvalue weighted by atomic mass is 10.1. The smallest absolute Gasteiger partial charge is 0.272 e. The highest BCUT2D eigenvalue weighted by Gasteiger charge is 2.27. The van der Waals surface area contributed by atoms with Gasteiger partial charge < -0.3 is 5.32 Å². The molecule has 0 aliphatic heterocycles. The molecule has 0 unspecified atom stereocenters. The number of nitrogens with zero attached hydrogens (tertiary/aromatic N) is 2. The maximum absolute atomic E-state index is 12.8. The molecule has 2 aromatic carbocycles. The third-order valence-corrected chi connectivity index (χ3v) is 5.43. The number of aryl methyl sites for hydroxylation is 2. The molecule has 0 fully saturated rings. The van der Waals surface area contributed by atoms with E-state index in [2.05, 4.69) is 43.4 Å². The van der Waals surface area contributed by atoms with Gasteiger partial charge in [-0.1, -0.05) is 42.5 Å². The summed E-state index contributed by atoms with van der Waals surface area (Å²) in [5.41, 5.74) is 7.66. The fraction of sp³-hybridized carbons (Fsp3) is 0.304. The molecular weight excluding hydrogens is 334 g/mol. The Morgan fingerprint density at radius 3 is 2.56 bits per heavy atom. The Balaban J connectivity index is 1.54. The average molecular weight is 359 g/mol. The monoisotopic (exact) mass is 359 g/mol. The van der Waals surface area contributed by atoms with Crippen LogP contribution >= 0.6 is 0 Å². The minimum absolute atomic E-state index is 0.0610. The van der Waals surface area contributed by atoms with E-state index in [9.17, 15) is 4.79 Å². The summed E-state index contributed by atoms with van der Waals surface area (Å²) in [5, 5.41) is 7.78. The lowest BCUT2D eigenvalue weighted by molar-refractivity contribution is 0.0948. The van der Waals surface area contributed by atoms with Gasteiger partial charge in [-0.25, -0.2) is 4.68 Å². The van der Waals surface area contributed by atoms with Gasteiger partial charge in [0, 0.05) is 17.8 Å². The number of para-hydroxylation sites is 1. The van der Waals surface area contributed by atoms with Crippen LogP contribution in [0.5, 0.6) is 0 Å². The van der Waals surface area contributed by atoms with E-state index in [0.29, 0.717) is 12.2 Å². The fourth-order valence-corrected chi connectivity index (χ4v) is 3.91. The van der Waals surface area contributed by atoms with Crippen molar-refractivity contribution in [1.82, 2.24) is 15.1 Å². The number of hydrogen-bond donors (Lipinski definition) is 1. The number of carbonyl (C=O) groups is 1. The first-order chi connectivity index (χ1) is 13.1. The maximum atomic E-state index is 12.8. The van der Waals surface area contributed by atoms with Crippen LogP contribution in [0.1, 0.15) is 44.9 Å². The number of carbonyl (C=O) groups excluding carboxylic acids is 1. The summed E-state index contributed by atoms with van der Waals surface area (Å²) < 4.78 is 1.98. The first-order valence-electron chi connectivity index (χ1n) is 9.64. The van der Waals surface area contributed by atoms with Crippen LogP contribution in [0.2, 0.25) is 0 Å². The van der Waals surface area contributed by atoms with Crippen molar-refractivity contribution in [3.05, 3.63) is 82.2 Å². The van der Waals surface area contributed by atoms with E-state index in [4.69, 9.17) is 5.10 Å². The molecular formula is C23H25N3O. The van der Waals surface area contributed by atoms with Gasteiger partial charge in [0.15, 0.2) is 5.69 Å². The molecule has 0 spiro atoms. The van der Waals surface area contributed by atoms with Gasteiger partial charge in [-0.15, -0.1) is 0 Å². The Morgan fingerprint density at radius 1 is 1.04 bits per heavy atom. The highest BCUT2D eigenvalue weighted by Crippen LogP contribution is 2.28. The van der Waals surface area contributed by atoms with Crippen molar-refractivity contribution in [1.29, 1.82) is 0 Å². The minimum Gasteiger partial charge on any atom is -0.350 e. The number of amides is 1. The van der Waals surface area contributed by atoms with Crippen molar-refractivity contribution < 1.29 is 4.79 Å². The van der Waals surface area contributed by atoms with Crippen LogP contribution in [-0.4, -0.2) is 22.2 Å². The van der Waals surface area contributed by atoms with Crippen LogP contribution in [0, 0.1) is 13.8 Å². The molecule has 0 saturated heterocycles. The number of benzene rings is 2. The molecule has 1 N–H and O–H groups in total. The zero-order chi connectivity index (χ0) is 18.8. The van der Waals surface area contributed by atoms with E-state index in [-0.39, 0.29) is 5.91 Å². The average Bonchev–Trinajstić information content (AvgIpc) is 3.26. The molecule has 3 aromatic rings. The Morgan fingerprint density at radius 2 is 1.78 bits per heavy atom. The Kier molecular flexibility index (Phi) is 4.80. The Labute approximate surface area is 160 Å². The molecule has 0 atom stereocenters. The van der Waals surface area contributed by atoms with E-state index in [1.807, 2.05) is 28.9 Å². The van der Waals surface area contributed by atoms with Gasteiger partial charge in [-0.3, -0.25) is 4.79 Å². The minimum atomic E-state index is -0.0610. The predicted molar refractivity (Wildman–Crippen MR) is 108 cm³/mol. The quantitative estimate of drug-likeness (QED) is 0.750. The number of rotatable bonds is 5. The van der Waals surface area contributed by atoms with Crippen molar-refractivity contribution in [3.63, 3.8) is 0 Å². The molecule has 1 amide bonds. The van der Waals surface area contributed by atoms with Crippen molar-refractivity contribution in [2.45, 2.75) is 39.5 Å². The molecule has 4 rings (SSSR count). The van der Waals surface area contributed by atoms with Crippen molar-refractivity contribution >= 4 is 5.91 Å². The molecule has 1 aliphatic carbocycles. The largest absolute Gasteiger partial charge is 0.350 e. The molecule has 1 heterocycles.